The Bertz CT molecular complexity index is 333. The normalized spacial score (nSPS) is 10.7. The molecule has 0 aliphatic carbocycles. The summed E-state index contributed by atoms with van der Waals surface area (Å²) in [5.74, 6) is -5.56. The number of rotatable bonds is 2. The first-order valence-corrected chi connectivity index (χ1v) is 3.81. The van der Waals surface area contributed by atoms with Crippen LogP contribution in [0.25, 0.3) is 0 Å². The van der Waals surface area contributed by atoms with E-state index in [1.165, 1.54) is 7.11 Å². The van der Waals surface area contributed by atoms with E-state index in [1.807, 2.05) is 0 Å². The molecule has 0 amide bonds. The standard InChI is InChI=1S/C9H8F4O/c1-4-6(10)8(12)5(3-14-2)9(13)7(4)11/h3H2,1-2H3. The van der Waals surface area contributed by atoms with Crippen molar-refractivity contribution < 1.29 is 22.3 Å². The molecule has 0 saturated heterocycles. The molecule has 0 aliphatic heterocycles. The zero-order valence-electron chi connectivity index (χ0n) is 7.63. The molecule has 0 fully saturated rings. The molecule has 5 heteroatoms. The van der Waals surface area contributed by atoms with Gasteiger partial charge < -0.3 is 4.74 Å². The molecular formula is C9H8F4O. The van der Waals surface area contributed by atoms with Crippen LogP contribution in [-0.4, -0.2) is 7.11 Å². The summed E-state index contributed by atoms with van der Waals surface area (Å²) in [5.41, 5.74) is -1.40. The quantitative estimate of drug-likeness (QED) is 0.536. The van der Waals surface area contributed by atoms with Gasteiger partial charge in [0.1, 0.15) is 0 Å². The lowest BCUT2D eigenvalue weighted by atomic mass is 10.1. The summed E-state index contributed by atoms with van der Waals surface area (Å²) in [7, 11) is 1.18. The number of halogens is 4. The predicted octanol–water partition coefficient (Wildman–Crippen LogP) is 2.70. The Labute approximate surface area is 78.3 Å². The highest BCUT2D eigenvalue weighted by Crippen LogP contribution is 2.23. The fourth-order valence-corrected chi connectivity index (χ4v) is 1.06. The Morgan fingerprint density at radius 3 is 1.71 bits per heavy atom. The molecular weight excluding hydrogens is 200 g/mol. The lowest BCUT2D eigenvalue weighted by molar-refractivity contribution is 0.175. The minimum absolute atomic E-state index is 0.508. The van der Waals surface area contributed by atoms with Crippen molar-refractivity contribution in [3.05, 3.63) is 34.4 Å². The molecule has 1 nitrogen and oxygen atoms in total. The smallest absolute Gasteiger partial charge is 0.167 e. The molecule has 0 N–H and O–H groups in total. The molecule has 0 radical (unpaired) electrons. The first-order chi connectivity index (χ1) is 6.50. The minimum Gasteiger partial charge on any atom is -0.380 e. The van der Waals surface area contributed by atoms with Crippen molar-refractivity contribution in [2.75, 3.05) is 7.11 Å². The van der Waals surface area contributed by atoms with Crippen LogP contribution < -0.4 is 0 Å². The number of hydrogen-bond donors (Lipinski definition) is 0. The predicted molar refractivity (Wildman–Crippen MR) is 41.7 cm³/mol. The summed E-state index contributed by atoms with van der Waals surface area (Å²) in [5, 5.41) is 0. The second-order valence-corrected chi connectivity index (χ2v) is 2.79. The van der Waals surface area contributed by atoms with E-state index < -0.39 is 41.0 Å². The van der Waals surface area contributed by atoms with Gasteiger partial charge in [-0.2, -0.15) is 0 Å². The Morgan fingerprint density at radius 2 is 1.36 bits per heavy atom. The molecule has 0 unspecified atom stereocenters. The van der Waals surface area contributed by atoms with Gasteiger partial charge in [-0.1, -0.05) is 0 Å². The summed E-state index contributed by atoms with van der Waals surface area (Å²) in [6.07, 6.45) is 0. The molecule has 1 rings (SSSR count). The maximum absolute atomic E-state index is 13.0. The zero-order chi connectivity index (χ0) is 10.9. The van der Waals surface area contributed by atoms with Gasteiger partial charge in [0.25, 0.3) is 0 Å². The highest BCUT2D eigenvalue weighted by Gasteiger charge is 2.22. The van der Waals surface area contributed by atoms with Crippen LogP contribution in [0.4, 0.5) is 17.6 Å². The largest absolute Gasteiger partial charge is 0.380 e. The Kier molecular flexibility index (Phi) is 3.10. The van der Waals surface area contributed by atoms with Crippen molar-refractivity contribution in [3.63, 3.8) is 0 Å². The molecule has 1 aromatic carbocycles. The average molecular weight is 208 g/mol. The van der Waals surface area contributed by atoms with Gasteiger partial charge in [0.05, 0.1) is 12.2 Å². The van der Waals surface area contributed by atoms with Crippen molar-refractivity contribution >= 4 is 0 Å². The monoisotopic (exact) mass is 208 g/mol. The summed E-state index contributed by atoms with van der Waals surface area (Å²) in [6, 6.07) is 0. The lowest BCUT2D eigenvalue weighted by Crippen LogP contribution is -2.06. The summed E-state index contributed by atoms with van der Waals surface area (Å²) < 4.78 is 56.3. The first-order valence-electron chi connectivity index (χ1n) is 3.81. The van der Waals surface area contributed by atoms with Gasteiger partial charge in [-0.3, -0.25) is 0 Å². The average Bonchev–Trinajstić information content (AvgIpc) is 2.19. The fraction of sp³-hybridized carbons (Fsp3) is 0.333. The van der Waals surface area contributed by atoms with E-state index in [2.05, 4.69) is 4.74 Å². The Morgan fingerprint density at radius 1 is 0.929 bits per heavy atom. The molecule has 0 heterocycles. The van der Waals surface area contributed by atoms with Crippen molar-refractivity contribution in [2.24, 2.45) is 0 Å². The van der Waals surface area contributed by atoms with Gasteiger partial charge in [-0.15, -0.1) is 0 Å². The molecule has 0 atom stereocenters. The van der Waals surface area contributed by atoms with Crippen LogP contribution in [0, 0.1) is 30.2 Å². The molecule has 0 spiro atoms. The zero-order valence-corrected chi connectivity index (χ0v) is 7.63. The Hall–Kier alpha value is -1.10. The van der Waals surface area contributed by atoms with Crippen LogP contribution in [0.3, 0.4) is 0 Å². The number of benzene rings is 1. The summed E-state index contributed by atoms with van der Waals surface area (Å²) >= 11 is 0. The highest BCUT2D eigenvalue weighted by molar-refractivity contribution is 5.28. The molecule has 0 aromatic heterocycles. The summed E-state index contributed by atoms with van der Waals surface area (Å²) in [6.45, 7) is 0.458. The summed E-state index contributed by atoms with van der Waals surface area (Å²) in [4.78, 5) is 0. The van der Waals surface area contributed by atoms with Gasteiger partial charge in [0.15, 0.2) is 23.3 Å². The SMILES string of the molecule is COCc1c(F)c(F)c(C)c(F)c1F. The van der Waals surface area contributed by atoms with Crippen LogP contribution in [0.1, 0.15) is 11.1 Å². The van der Waals surface area contributed by atoms with E-state index in [0.29, 0.717) is 0 Å². The molecule has 0 saturated carbocycles. The van der Waals surface area contributed by atoms with E-state index in [1.54, 1.807) is 0 Å². The van der Waals surface area contributed by atoms with E-state index in [0.717, 1.165) is 6.92 Å². The first kappa shape index (κ1) is 11.0. The number of methoxy groups -OCH3 is 1. The van der Waals surface area contributed by atoms with Gasteiger partial charge in [0.2, 0.25) is 0 Å². The molecule has 0 bridgehead atoms. The van der Waals surface area contributed by atoms with E-state index in [9.17, 15) is 17.6 Å². The van der Waals surface area contributed by atoms with Crippen LogP contribution in [0.2, 0.25) is 0 Å². The number of ether oxygens (including phenoxy) is 1. The van der Waals surface area contributed by atoms with Crippen molar-refractivity contribution in [2.45, 2.75) is 13.5 Å². The maximum Gasteiger partial charge on any atom is 0.167 e. The van der Waals surface area contributed by atoms with Crippen molar-refractivity contribution in [3.8, 4) is 0 Å². The van der Waals surface area contributed by atoms with Gasteiger partial charge in [0, 0.05) is 12.7 Å². The maximum atomic E-state index is 13.0. The van der Waals surface area contributed by atoms with Crippen LogP contribution >= 0.6 is 0 Å². The third-order valence-electron chi connectivity index (χ3n) is 1.86. The second-order valence-electron chi connectivity index (χ2n) is 2.79. The van der Waals surface area contributed by atoms with Gasteiger partial charge in [-0.25, -0.2) is 17.6 Å². The molecule has 0 aliphatic rings. The van der Waals surface area contributed by atoms with E-state index in [-0.39, 0.29) is 0 Å². The van der Waals surface area contributed by atoms with Crippen molar-refractivity contribution in [1.82, 2.24) is 0 Å². The topological polar surface area (TPSA) is 9.23 Å². The minimum atomic E-state index is -1.40. The third-order valence-corrected chi connectivity index (χ3v) is 1.86. The Balaban J connectivity index is 3.43. The molecule has 1 aromatic rings. The lowest BCUT2D eigenvalue weighted by Gasteiger charge is -2.08. The van der Waals surface area contributed by atoms with E-state index >= 15 is 0 Å². The fourth-order valence-electron chi connectivity index (χ4n) is 1.06. The molecule has 14 heavy (non-hydrogen) atoms. The van der Waals surface area contributed by atoms with Crippen LogP contribution in [0.15, 0.2) is 0 Å². The van der Waals surface area contributed by atoms with E-state index in [4.69, 9.17) is 0 Å². The second kappa shape index (κ2) is 3.96. The van der Waals surface area contributed by atoms with Crippen LogP contribution in [-0.2, 0) is 11.3 Å². The van der Waals surface area contributed by atoms with Gasteiger partial charge in [-0.05, 0) is 6.92 Å². The number of hydrogen-bond acceptors (Lipinski definition) is 1. The highest BCUT2D eigenvalue weighted by atomic mass is 19.2. The van der Waals surface area contributed by atoms with Crippen molar-refractivity contribution in [1.29, 1.82) is 0 Å². The van der Waals surface area contributed by atoms with Crippen LogP contribution in [0.5, 0.6) is 0 Å². The van der Waals surface area contributed by atoms with Gasteiger partial charge >= 0.3 is 0 Å². The third kappa shape index (κ3) is 1.59. The molecule has 78 valence electrons.